The average molecular weight is 232 g/mol. The van der Waals surface area contributed by atoms with Gasteiger partial charge < -0.3 is 5.73 Å². The molecule has 0 radical (unpaired) electrons. The summed E-state index contributed by atoms with van der Waals surface area (Å²) in [5.41, 5.74) is 7.08. The van der Waals surface area contributed by atoms with E-state index in [1.54, 1.807) is 30.5 Å². The molecule has 2 N–H and O–H groups in total. The molecule has 0 amide bonds. The van der Waals surface area contributed by atoms with Gasteiger partial charge in [-0.05, 0) is 36.4 Å². The van der Waals surface area contributed by atoms with E-state index in [0.29, 0.717) is 11.4 Å². The van der Waals surface area contributed by atoms with Gasteiger partial charge in [0.25, 0.3) is 0 Å². The molecule has 0 aliphatic heterocycles. The Morgan fingerprint density at radius 3 is 2.50 bits per heavy atom. The van der Waals surface area contributed by atoms with Gasteiger partial charge in [0.05, 0.1) is 22.2 Å². The summed E-state index contributed by atoms with van der Waals surface area (Å²) >= 11 is 0. The number of nitrogen functional groups attached to an aromatic ring is 1. The molecule has 1 atom stereocenters. The minimum Gasteiger partial charge on any atom is -0.399 e. The van der Waals surface area contributed by atoms with Crippen molar-refractivity contribution in [1.82, 2.24) is 4.98 Å². The fraction of sp³-hybridized carbons (Fsp3) is 0.0833. The van der Waals surface area contributed by atoms with Crippen LogP contribution in [0.3, 0.4) is 0 Å². The predicted molar refractivity (Wildman–Crippen MR) is 65.2 cm³/mol. The summed E-state index contributed by atoms with van der Waals surface area (Å²) < 4.78 is 12.0. The molecule has 0 bridgehead atoms. The van der Waals surface area contributed by atoms with Gasteiger partial charge in [-0.2, -0.15) is 0 Å². The summed E-state index contributed by atoms with van der Waals surface area (Å²) in [6.07, 6.45) is 1.70. The number of nitrogens with two attached hydrogens (primary N) is 1. The average Bonchev–Trinajstić information content (AvgIpc) is 2.31. The molecule has 16 heavy (non-hydrogen) atoms. The molecule has 1 unspecified atom stereocenters. The van der Waals surface area contributed by atoms with E-state index in [4.69, 9.17) is 5.73 Å². The first kappa shape index (κ1) is 10.8. The van der Waals surface area contributed by atoms with Crippen molar-refractivity contribution in [2.75, 3.05) is 5.73 Å². The molecule has 0 aliphatic carbocycles. The zero-order valence-corrected chi connectivity index (χ0v) is 9.48. The first-order valence-corrected chi connectivity index (χ1v) is 6.21. The van der Waals surface area contributed by atoms with Crippen LogP contribution in [0, 0.1) is 0 Å². The van der Waals surface area contributed by atoms with Gasteiger partial charge >= 0.3 is 0 Å². The fourth-order valence-corrected chi connectivity index (χ4v) is 2.37. The normalized spacial score (nSPS) is 12.2. The fourth-order valence-electron chi connectivity index (χ4n) is 1.32. The monoisotopic (exact) mass is 232 g/mol. The summed E-state index contributed by atoms with van der Waals surface area (Å²) in [5.74, 6) is 0.435. The molecular weight excluding hydrogens is 220 g/mol. The molecule has 0 saturated carbocycles. The summed E-state index contributed by atoms with van der Waals surface area (Å²) in [6.45, 7) is 0. The molecule has 0 spiro atoms. The molecular formula is C12H12N2OS. The highest BCUT2D eigenvalue weighted by molar-refractivity contribution is 7.84. The molecule has 1 heterocycles. The highest BCUT2D eigenvalue weighted by atomic mass is 32.2. The van der Waals surface area contributed by atoms with Crippen molar-refractivity contribution >= 4 is 16.5 Å². The molecule has 2 rings (SSSR count). The van der Waals surface area contributed by atoms with Crippen LogP contribution in [0.2, 0.25) is 0 Å². The van der Waals surface area contributed by atoms with Gasteiger partial charge in [-0.25, -0.2) is 0 Å². The number of pyridine rings is 1. The molecule has 1 aromatic heterocycles. The maximum absolute atomic E-state index is 12.0. The van der Waals surface area contributed by atoms with Crippen LogP contribution in [0.1, 0.15) is 5.69 Å². The number of aromatic nitrogens is 1. The van der Waals surface area contributed by atoms with Crippen molar-refractivity contribution in [3.63, 3.8) is 0 Å². The Hall–Kier alpha value is -1.68. The second-order valence-corrected chi connectivity index (χ2v) is 4.83. The molecule has 3 nitrogen and oxygen atoms in total. The predicted octanol–water partition coefficient (Wildman–Crippen LogP) is 1.97. The smallest absolute Gasteiger partial charge is 0.0705 e. The van der Waals surface area contributed by atoms with Crippen molar-refractivity contribution in [1.29, 1.82) is 0 Å². The molecule has 2 aromatic rings. The van der Waals surface area contributed by atoms with Crippen LogP contribution in [0.25, 0.3) is 0 Å². The van der Waals surface area contributed by atoms with E-state index in [2.05, 4.69) is 4.98 Å². The molecule has 0 fully saturated rings. The quantitative estimate of drug-likeness (QED) is 0.823. The van der Waals surface area contributed by atoms with Crippen LogP contribution < -0.4 is 5.73 Å². The summed E-state index contributed by atoms with van der Waals surface area (Å²) in [5, 5.41) is 0. The van der Waals surface area contributed by atoms with E-state index >= 15 is 0 Å². The molecule has 4 heteroatoms. The maximum Gasteiger partial charge on any atom is 0.0705 e. The lowest BCUT2D eigenvalue weighted by atomic mass is 10.3. The summed E-state index contributed by atoms with van der Waals surface area (Å²) in [6, 6.07) is 12.7. The number of nitrogens with zero attached hydrogens (tertiary/aromatic N) is 1. The lowest BCUT2D eigenvalue weighted by Gasteiger charge is -2.02. The van der Waals surface area contributed by atoms with Crippen molar-refractivity contribution in [2.45, 2.75) is 10.6 Å². The SMILES string of the molecule is Nc1ccc(S(=O)Cc2ccccn2)cc1. The summed E-state index contributed by atoms with van der Waals surface area (Å²) in [4.78, 5) is 4.92. The van der Waals surface area contributed by atoms with Crippen molar-refractivity contribution < 1.29 is 4.21 Å². The Bertz CT molecular complexity index is 482. The third kappa shape index (κ3) is 2.67. The zero-order valence-electron chi connectivity index (χ0n) is 8.67. The van der Waals surface area contributed by atoms with Crippen molar-refractivity contribution in [3.8, 4) is 0 Å². The van der Waals surface area contributed by atoms with Gasteiger partial charge in [0.15, 0.2) is 0 Å². The lowest BCUT2D eigenvalue weighted by Crippen LogP contribution is -1.98. The molecule has 82 valence electrons. The second-order valence-electron chi connectivity index (χ2n) is 3.38. The van der Waals surface area contributed by atoms with E-state index in [1.807, 2.05) is 18.2 Å². The minimum atomic E-state index is -1.06. The minimum absolute atomic E-state index is 0.435. The number of anilines is 1. The highest BCUT2D eigenvalue weighted by Crippen LogP contribution is 2.12. The van der Waals surface area contributed by atoms with Crippen molar-refractivity contribution in [2.24, 2.45) is 0 Å². The lowest BCUT2D eigenvalue weighted by molar-refractivity contribution is 0.682. The van der Waals surface area contributed by atoms with Gasteiger partial charge in [-0.15, -0.1) is 0 Å². The highest BCUT2D eigenvalue weighted by Gasteiger charge is 2.05. The Kier molecular flexibility index (Phi) is 3.31. The van der Waals surface area contributed by atoms with E-state index in [1.165, 1.54) is 0 Å². The largest absolute Gasteiger partial charge is 0.399 e. The van der Waals surface area contributed by atoms with E-state index in [-0.39, 0.29) is 0 Å². The van der Waals surface area contributed by atoms with Crippen LogP contribution in [0.4, 0.5) is 5.69 Å². The number of hydrogen-bond acceptors (Lipinski definition) is 3. The Morgan fingerprint density at radius 1 is 1.12 bits per heavy atom. The van der Waals surface area contributed by atoms with Gasteiger partial charge in [0.2, 0.25) is 0 Å². The molecule has 1 aromatic carbocycles. The van der Waals surface area contributed by atoms with Gasteiger partial charge in [-0.3, -0.25) is 9.19 Å². The zero-order chi connectivity index (χ0) is 11.4. The first-order valence-electron chi connectivity index (χ1n) is 4.89. The van der Waals surface area contributed by atoms with Gasteiger partial charge in [-0.1, -0.05) is 6.07 Å². The third-order valence-electron chi connectivity index (χ3n) is 2.15. The van der Waals surface area contributed by atoms with Crippen LogP contribution in [0.5, 0.6) is 0 Å². The van der Waals surface area contributed by atoms with Crippen LogP contribution in [-0.4, -0.2) is 9.19 Å². The van der Waals surface area contributed by atoms with Gasteiger partial charge in [0, 0.05) is 16.8 Å². The summed E-state index contributed by atoms with van der Waals surface area (Å²) in [7, 11) is -1.06. The van der Waals surface area contributed by atoms with E-state index in [9.17, 15) is 4.21 Å². The third-order valence-corrected chi connectivity index (χ3v) is 3.50. The van der Waals surface area contributed by atoms with Crippen molar-refractivity contribution in [3.05, 3.63) is 54.4 Å². The van der Waals surface area contributed by atoms with Gasteiger partial charge in [0.1, 0.15) is 0 Å². The Morgan fingerprint density at radius 2 is 1.88 bits per heavy atom. The van der Waals surface area contributed by atoms with Crippen LogP contribution in [-0.2, 0) is 16.6 Å². The first-order chi connectivity index (χ1) is 7.75. The van der Waals surface area contributed by atoms with E-state index in [0.717, 1.165) is 10.6 Å². The number of hydrogen-bond donors (Lipinski definition) is 1. The molecule has 0 saturated heterocycles. The maximum atomic E-state index is 12.0. The Balaban J connectivity index is 2.12. The Labute approximate surface area is 96.8 Å². The number of benzene rings is 1. The standard InChI is InChI=1S/C12H12N2OS/c13-10-4-6-12(7-5-10)16(15)9-11-3-1-2-8-14-11/h1-8H,9,13H2. The molecule has 0 aliphatic rings. The van der Waals surface area contributed by atoms with E-state index < -0.39 is 10.8 Å². The van der Waals surface area contributed by atoms with Crippen LogP contribution >= 0.6 is 0 Å². The van der Waals surface area contributed by atoms with Crippen LogP contribution in [0.15, 0.2) is 53.6 Å². The topological polar surface area (TPSA) is 56.0 Å². The second kappa shape index (κ2) is 4.90. The number of rotatable bonds is 3.